The van der Waals surface area contributed by atoms with E-state index < -0.39 is 5.41 Å². The first-order valence-electron chi connectivity index (χ1n) is 15.6. The zero-order valence-corrected chi connectivity index (χ0v) is 25.1. The maximum absolute atomic E-state index is 13.9. The zero-order chi connectivity index (χ0) is 29.4. The van der Waals surface area contributed by atoms with Crippen LogP contribution in [0.15, 0.2) is 78.9 Å². The van der Waals surface area contributed by atoms with Crippen molar-refractivity contribution in [3.63, 3.8) is 0 Å². The molecule has 1 amide bonds. The lowest BCUT2D eigenvalue weighted by atomic mass is 9.69. The van der Waals surface area contributed by atoms with E-state index in [1.165, 1.54) is 41.3 Å². The number of nitrogens with one attached hydrogen (secondary N) is 1. The predicted molar refractivity (Wildman–Crippen MR) is 172 cm³/mol. The Kier molecular flexibility index (Phi) is 9.78. The molecule has 1 N–H and O–H groups in total. The fourth-order valence-corrected chi connectivity index (χ4v) is 6.41. The van der Waals surface area contributed by atoms with Gasteiger partial charge in [-0.3, -0.25) is 4.79 Å². The van der Waals surface area contributed by atoms with Crippen molar-refractivity contribution in [2.24, 2.45) is 5.41 Å². The minimum absolute atomic E-state index is 0.0408. The van der Waals surface area contributed by atoms with Gasteiger partial charge in [0.25, 0.3) is 0 Å². The summed E-state index contributed by atoms with van der Waals surface area (Å²) in [7, 11) is 4.09. The standard InChI is InChI=1S/C37H44N2O3/c1-39(2)33-21-19-31(20-22-33)30-17-14-29(15-18-30)27-37(24-7-4-8-25-37)36(41)38-32-11-9-10-28(26-32)16-23-35(40)42-34-12-5-3-6-13-34/h9-11,14-23,26,34H,3-8,12-13,24-25,27H2,1-2H3,(H,38,41)/b23-16+. The molecule has 5 rings (SSSR count). The number of rotatable bonds is 9. The molecule has 220 valence electrons. The molecule has 0 bridgehead atoms. The van der Waals surface area contributed by atoms with Crippen LogP contribution in [0.3, 0.4) is 0 Å². The molecule has 0 unspecified atom stereocenters. The van der Waals surface area contributed by atoms with Crippen LogP contribution in [0.4, 0.5) is 11.4 Å². The number of amides is 1. The Morgan fingerprint density at radius 3 is 2.17 bits per heavy atom. The van der Waals surface area contributed by atoms with Gasteiger partial charge in [-0.25, -0.2) is 4.79 Å². The number of nitrogens with zero attached hydrogens (tertiary/aromatic N) is 1. The number of carbonyl (C=O) groups excluding carboxylic acids is 2. The molecule has 0 saturated heterocycles. The second kappa shape index (κ2) is 13.9. The summed E-state index contributed by atoms with van der Waals surface area (Å²) in [5, 5.41) is 3.23. The first kappa shape index (κ1) is 29.6. The summed E-state index contributed by atoms with van der Waals surface area (Å²) in [6, 6.07) is 25.0. The summed E-state index contributed by atoms with van der Waals surface area (Å²) in [5.41, 5.74) is 5.92. The summed E-state index contributed by atoms with van der Waals surface area (Å²) in [5.74, 6) is -0.211. The van der Waals surface area contributed by atoms with Crippen molar-refractivity contribution in [1.29, 1.82) is 0 Å². The molecule has 0 spiro atoms. The van der Waals surface area contributed by atoms with Crippen LogP contribution in [-0.2, 0) is 20.7 Å². The number of anilines is 2. The van der Waals surface area contributed by atoms with E-state index in [0.717, 1.165) is 69.0 Å². The van der Waals surface area contributed by atoms with Gasteiger partial charge >= 0.3 is 5.97 Å². The van der Waals surface area contributed by atoms with Gasteiger partial charge in [0.1, 0.15) is 6.10 Å². The zero-order valence-electron chi connectivity index (χ0n) is 25.1. The first-order chi connectivity index (χ1) is 20.4. The highest BCUT2D eigenvalue weighted by Gasteiger charge is 2.39. The fourth-order valence-electron chi connectivity index (χ4n) is 6.41. The Labute approximate surface area is 251 Å². The third kappa shape index (κ3) is 7.70. The third-order valence-corrected chi connectivity index (χ3v) is 8.90. The van der Waals surface area contributed by atoms with Crippen LogP contribution >= 0.6 is 0 Å². The average Bonchev–Trinajstić information content (AvgIpc) is 3.02. The first-order valence-corrected chi connectivity index (χ1v) is 15.6. The molecule has 3 aromatic rings. The molecular formula is C37H44N2O3. The van der Waals surface area contributed by atoms with Crippen LogP contribution < -0.4 is 10.2 Å². The summed E-state index contributed by atoms with van der Waals surface area (Å²) < 4.78 is 5.61. The van der Waals surface area contributed by atoms with E-state index in [4.69, 9.17) is 4.74 Å². The molecule has 2 aliphatic rings. The van der Waals surface area contributed by atoms with Crippen molar-refractivity contribution in [1.82, 2.24) is 0 Å². The second-order valence-electron chi connectivity index (χ2n) is 12.3. The lowest BCUT2D eigenvalue weighted by Crippen LogP contribution is -2.40. The van der Waals surface area contributed by atoms with E-state index in [1.807, 2.05) is 38.4 Å². The van der Waals surface area contributed by atoms with Gasteiger partial charge < -0.3 is 15.0 Å². The number of benzene rings is 3. The van der Waals surface area contributed by atoms with Crippen LogP contribution in [0.25, 0.3) is 17.2 Å². The number of hydrogen-bond donors (Lipinski definition) is 1. The average molecular weight is 565 g/mol. The molecule has 2 saturated carbocycles. The number of carbonyl (C=O) groups is 2. The van der Waals surface area contributed by atoms with Crippen molar-refractivity contribution >= 4 is 29.3 Å². The Balaban J connectivity index is 1.24. The van der Waals surface area contributed by atoms with E-state index in [9.17, 15) is 9.59 Å². The van der Waals surface area contributed by atoms with Gasteiger partial charge in [0.05, 0.1) is 5.41 Å². The fraction of sp³-hybridized carbons (Fsp3) is 0.405. The molecule has 0 atom stereocenters. The third-order valence-electron chi connectivity index (χ3n) is 8.90. The number of esters is 1. The minimum Gasteiger partial charge on any atom is -0.459 e. The maximum atomic E-state index is 13.9. The van der Waals surface area contributed by atoms with E-state index in [-0.39, 0.29) is 18.0 Å². The van der Waals surface area contributed by atoms with E-state index in [1.54, 1.807) is 6.08 Å². The smallest absolute Gasteiger partial charge is 0.331 e. The number of ether oxygens (including phenoxy) is 1. The van der Waals surface area contributed by atoms with Gasteiger partial charge in [-0.05, 0) is 97.5 Å². The topological polar surface area (TPSA) is 58.6 Å². The Bertz CT molecular complexity index is 1360. The Hall–Kier alpha value is -3.86. The normalized spacial score (nSPS) is 17.1. The maximum Gasteiger partial charge on any atom is 0.331 e. The highest BCUT2D eigenvalue weighted by atomic mass is 16.5. The van der Waals surface area contributed by atoms with Gasteiger partial charge in [0.2, 0.25) is 5.91 Å². The minimum atomic E-state index is -0.428. The van der Waals surface area contributed by atoms with Crippen molar-refractivity contribution in [3.05, 3.63) is 90.0 Å². The van der Waals surface area contributed by atoms with E-state index in [0.29, 0.717) is 0 Å². The predicted octanol–water partition coefficient (Wildman–Crippen LogP) is 8.44. The van der Waals surface area contributed by atoms with Crippen molar-refractivity contribution in [2.45, 2.75) is 76.7 Å². The quantitative estimate of drug-likeness (QED) is 0.209. The summed E-state index contributed by atoms with van der Waals surface area (Å²) >= 11 is 0. The summed E-state index contributed by atoms with van der Waals surface area (Å²) in [6.45, 7) is 0. The number of hydrogen-bond acceptors (Lipinski definition) is 4. The highest BCUT2D eigenvalue weighted by molar-refractivity contribution is 5.96. The van der Waals surface area contributed by atoms with Gasteiger partial charge in [0, 0.05) is 31.5 Å². The molecule has 42 heavy (non-hydrogen) atoms. The van der Waals surface area contributed by atoms with Gasteiger partial charge in [0.15, 0.2) is 0 Å². The van der Waals surface area contributed by atoms with Crippen LogP contribution in [0.2, 0.25) is 0 Å². The molecule has 5 heteroatoms. The molecule has 0 aliphatic heterocycles. The van der Waals surface area contributed by atoms with Crippen LogP contribution in [0.5, 0.6) is 0 Å². The summed E-state index contributed by atoms with van der Waals surface area (Å²) in [6.07, 6.45) is 14.5. The monoisotopic (exact) mass is 564 g/mol. The van der Waals surface area contributed by atoms with E-state index in [2.05, 4.69) is 58.7 Å². The van der Waals surface area contributed by atoms with Crippen LogP contribution in [0.1, 0.15) is 75.3 Å². The lowest BCUT2D eigenvalue weighted by Gasteiger charge is -2.36. The Morgan fingerprint density at radius 2 is 1.50 bits per heavy atom. The lowest BCUT2D eigenvalue weighted by molar-refractivity contribution is -0.144. The van der Waals surface area contributed by atoms with Gasteiger partial charge in [-0.1, -0.05) is 74.2 Å². The largest absolute Gasteiger partial charge is 0.459 e. The molecule has 2 fully saturated rings. The molecular weight excluding hydrogens is 520 g/mol. The Morgan fingerprint density at radius 1 is 0.857 bits per heavy atom. The molecule has 0 aromatic heterocycles. The summed E-state index contributed by atoms with van der Waals surface area (Å²) in [4.78, 5) is 28.3. The molecule has 3 aromatic carbocycles. The second-order valence-corrected chi connectivity index (χ2v) is 12.3. The molecule has 0 heterocycles. The molecule has 5 nitrogen and oxygen atoms in total. The van der Waals surface area contributed by atoms with E-state index >= 15 is 0 Å². The molecule has 2 aliphatic carbocycles. The van der Waals surface area contributed by atoms with Crippen LogP contribution in [-0.4, -0.2) is 32.1 Å². The van der Waals surface area contributed by atoms with Crippen molar-refractivity contribution in [3.8, 4) is 11.1 Å². The van der Waals surface area contributed by atoms with Gasteiger partial charge in [-0.2, -0.15) is 0 Å². The van der Waals surface area contributed by atoms with Crippen molar-refractivity contribution in [2.75, 3.05) is 24.3 Å². The SMILES string of the molecule is CN(C)c1ccc(-c2ccc(CC3(C(=O)Nc4cccc(/C=C/C(=O)OC5CCCCC5)c4)CCCCC3)cc2)cc1. The van der Waals surface area contributed by atoms with Crippen LogP contribution in [0, 0.1) is 5.41 Å². The molecule has 0 radical (unpaired) electrons. The van der Waals surface area contributed by atoms with Crippen molar-refractivity contribution < 1.29 is 14.3 Å². The highest BCUT2D eigenvalue weighted by Crippen LogP contribution is 2.41. The van der Waals surface area contributed by atoms with Gasteiger partial charge in [-0.15, -0.1) is 0 Å².